The predicted octanol–water partition coefficient (Wildman–Crippen LogP) is 2.40. The number of rotatable bonds is 4. The summed E-state index contributed by atoms with van der Waals surface area (Å²) in [7, 11) is 1.75. The molecule has 0 atom stereocenters. The van der Waals surface area contributed by atoms with Gasteiger partial charge in [-0.05, 0) is 23.8 Å². The van der Waals surface area contributed by atoms with Crippen molar-refractivity contribution in [2.24, 2.45) is 0 Å². The van der Waals surface area contributed by atoms with Gasteiger partial charge in [0.2, 0.25) is 5.91 Å². The lowest BCUT2D eigenvalue weighted by molar-refractivity contribution is -0.125. The molecule has 0 fully saturated rings. The molecule has 2 heterocycles. The molecule has 0 N–H and O–H groups in total. The number of benzene rings is 1. The average Bonchev–Trinajstić information content (AvgIpc) is 2.97. The Morgan fingerprint density at radius 2 is 1.91 bits per heavy atom. The first-order valence-corrected chi connectivity index (χ1v) is 7.01. The van der Waals surface area contributed by atoms with Crippen LogP contribution in [0.25, 0.3) is 11.7 Å². The average molecular weight is 292 g/mol. The normalized spacial score (nSPS) is 11.1. The fraction of sp³-hybridized carbons (Fsp3) is 0.118. The third kappa shape index (κ3) is 3.03. The van der Waals surface area contributed by atoms with E-state index in [0.717, 1.165) is 17.0 Å². The van der Waals surface area contributed by atoms with Gasteiger partial charge in [0.25, 0.3) is 0 Å². The standard InChI is InChI=1S/C17H16N4O/c1-20(17(22)11-10-14-7-3-2-4-8-14)13-16-19-18-15-9-5-6-12-21(15)16/h2-12H,13H2,1H3/b11-10-. The van der Waals surface area contributed by atoms with Gasteiger partial charge < -0.3 is 4.90 Å². The van der Waals surface area contributed by atoms with Crippen molar-refractivity contribution in [3.8, 4) is 0 Å². The molecule has 2 aromatic heterocycles. The summed E-state index contributed by atoms with van der Waals surface area (Å²) in [6.07, 6.45) is 5.27. The van der Waals surface area contributed by atoms with Crippen LogP contribution in [0.15, 0.2) is 60.8 Å². The van der Waals surface area contributed by atoms with Crippen LogP contribution in [0.1, 0.15) is 11.4 Å². The Morgan fingerprint density at radius 1 is 1.14 bits per heavy atom. The minimum absolute atomic E-state index is 0.0727. The molecular formula is C17H16N4O. The first kappa shape index (κ1) is 14.0. The highest BCUT2D eigenvalue weighted by Crippen LogP contribution is 2.06. The molecule has 1 amide bonds. The fourth-order valence-corrected chi connectivity index (χ4v) is 2.15. The molecule has 5 heteroatoms. The summed E-state index contributed by atoms with van der Waals surface area (Å²) in [5.74, 6) is 0.663. The van der Waals surface area contributed by atoms with E-state index in [1.54, 1.807) is 24.1 Å². The van der Waals surface area contributed by atoms with E-state index in [1.807, 2.05) is 59.1 Å². The van der Waals surface area contributed by atoms with E-state index < -0.39 is 0 Å². The fourth-order valence-electron chi connectivity index (χ4n) is 2.15. The van der Waals surface area contributed by atoms with Crippen LogP contribution >= 0.6 is 0 Å². The largest absolute Gasteiger partial charge is 0.335 e. The predicted molar refractivity (Wildman–Crippen MR) is 84.9 cm³/mol. The zero-order chi connectivity index (χ0) is 15.4. The van der Waals surface area contributed by atoms with Crippen molar-refractivity contribution >= 4 is 17.6 Å². The Kier molecular flexibility index (Phi) is 3.96. The van der Waals surface area contributed by atoms with Gasteiger partial charge in [0.1, 0.15) is 0 Å². The topological polar surface area (TPSA) is 50.5 Å². The Balaban J connectivity index is 1.70. The van der Waals surface area contributed by atoms with Crippen LogP contribution in [-0.4, -0.2) is 32.5 Å². The molecule has 3 rings (SSSR count). The molecule has 0 aliphatic carbocycles. The lowest BCUT2D eigenvalue weighted by Crippen LogP contribution is -2.25. The van der Waals surface area contributed by atoms with Crippen molar-refractivity contribution in [3.63, 3.8) is 0 Å². The molecule has 0 bridgehead atoms. The number of fused-ring (bicyclic) bond motifs is 1. The number of hydrogen-bond acceptors (Lipinski definition) is 3. The Morgan fingerprint density at radius 3 is 2.73 bits per heavy atom. The minimum Gasteiger partial charge on any atom is -0.335 e. The van der Waals surface area contributed by atoms with Gasteiger partial charge in [-0.2, -0.15) is 0 Å². The van der Waals surface area contributed by atoms with Gasteiger partial charge in [-0.25, -0.2) is 0 Å². The van der Waals surface area contributed by atoms with Gasteiger partial charge in [-0.15, -0.1) is 10.2 Å². The molecule has 0 saturated heterocycles. The molecule has 0 aliphatic heterocycles. The maximum atomic E-state index is 12.2. The number of nitrogens with zero attached hydrogens (tertiary/aromatic N) is 4. The highest BCUT2D eigenvalue weighted by Gasteiger charge is 2.10. The van der Waals surface area contributed by atoms with Gasteiger partial charge >= 0.3 is 0 Å². The summed E-state index contributed by atoms with van der Waals surface area (Å²) in [5.41, 5.74) is 1.77. The van der Waals surface area contributed by atoms with Gasteiger partial charge in [0.15, 0.2) is 11.5 Å². The number of amides is 1. The first-order valence-electron chi connectivity index (χ1n) is 7.01. The van der Waals surface area contributed by atoms with Crippen LogP contribution in [0.3, 0.4) is 0 Å². The molecule has 3 aromatic rings. The van der Waals surface area contributed by atoms with Crippen LogP contribution in [-0.2, 0) is 11.3 Å². The third-order valence-corrected chi connectivity index (χ3v) is 3.36. The highest BCUT2D eigenvalue weighted by atomic mass is 16.2. The van der Waals surface area contributed by atoms with E-state index in [2.05, 4.69) is 10.2 Å². The van der Waals surface area contributed by atoms with E-state index in [9.17, 15) is 4.79 Å². The smallest absolute Gasteiger partial charge is 0.246 e. The second-order valence-corrected chi connectivity index (χ2v) is 4.98. The molecule has 22 heavy (non-hydrogen) atoms. The van der Waals surface area contributed by atoms with E-state index >= 15 is 0 Å². The number of aromatic nitrogens is 3. The zero-order valence-corrected chi connectivity index (χ0v) is 12.3. The molecule has 0 saturated carbocycles. The molecule has 0 unspecified atom stereocenters. The summed E-state index contributed by atoms with van der Waals surface area (Å²) in [4.78, 5) is 13.8. The zero-order valence-electron chi connectivity index (χ0n) is 12.3. The lowest BCUT2D eigenvalue weighted by Gasteiger charge is -2.13. The van der Waals surface area contributed by atoms with Crippen LogP contribution < -0.4 is 0 Å². The van der Waals surface area contributed by atoms with Crippen molar-refractivity contribution in [2.75, 3.05) is 7.05 Å². The Labute approximate surface area is 128 Å². The van der Waals surface area contributed by atoms with E-state index in [-0.39, 0.29) is 5.91 Å². The summed E-state index contributed by atoms with van der Waals surface area (Å²) in [6.45, 7) is 0.406. The van der Waals surface area contributed by atoms with Crippen LogP contribution in [0.5, 0.6) is 0 Å². The maximum absolute atomic E-state index is 12.2. The number of carbonyl (C=O) groups is 1. The van der Waals surface area contributed by atoms with Gasteiger partial charge in [-0.3, -0.25) is 9.20 Å². The second kappa shape index (κ2) is 6.22. The Bertz CT molecular complexity index is 808. The molecule has 1 aromatic carbocycles. The van der Waals surface area contributed by atoms with Crippen molar-refractivity contribution in [1.82, 2.24) is 19.5 Å². The number of hydrogen-bond donors (Lipinski definition) is 0. The highest BCUT2D eigenvalue weighted by molar-refractivity contribution is 5.91. The summed E-state index contributed by atoms with van der Waals surface area (Å²) in [6, 6.07) is 15.4. The van der Waals surface area contributed by atoms with Crippen molar-refractivity contribution in [1.29, 1.82) is 0 Å². The van der Waals surface area contributed by atoms with Crippen LogP contribution in [0, 0.1) is 0 Å². The minimum atomic E-state index is -0.0727. The third-order valence-electron chi connectivity index (χ3n) is 3.36. The van der Waals surface area contributed by atoms with Gasteiger partial charge in [0, 0.05) is 19.3 Å². The summed E-state index contributed by atoms with van der Waals surface area (Å²) >= 11 is 0. The van der Waals surface area contributed by atoms with E-state index in [4.69, 9.17) is 0 Å². The van der Waals surface area contributed by atoms with E-state index in [0.29, 0.717) is 6.54 Å². The van der Waals surface area contributed by atoms with Crippen molar-refractivity contribution < 1.29 is 4.79 Å². The Hall–Kier alpha value is -2.95. The van der Waals surface area contributed by atoms with Crippen molar-refractivity contribution in [3.05, 3.63) is 72.2 Å². The molecular weight excluding hydrogens is 276 g/mol. The maximum Gasteiger partial charge on any atom is 0.246 e. The van der Waals surface area contributed by atoms with Crippen LogP contribution in [0.4, 0.5) is 0 Å². The van der Waals surface area contributed by atoms with Gasteiger partial charge in [-0.1, -0.05) is 36.4 Å². The van der Waals surface area contributed by atoms with Crippen molar-refractivity contribution in [2.45, 2.75) is 6.54 Å². The summed E-state index contributed by atoms with van der Waals surface area (Å²) in [5, 5.41) is 8.21. The first-order chi connectivity index (χ1) is 10.7. The SMILES string of the molecule is CN(Cc1nnc2ccccn12)C(=O)/C=C\c1ccccc1. The molecule has 110 valence electrons. The number of pyridine rings is 1. The molecule has 0 aliphatic rings. The number of likely N-dealkylation sites (N-methyl/N-ethyl adjacent to an activating group) is 1. The monoisotopic (exact) mass is 292 g/mol. The molecule has 0 radical (unpaired) electrons. The molecule has 0 spiro atoms. The van der Waals surface area contributed by atoms with E-state index in [1.165, 1.54) is 0 Å². The van der Waals surface area contributed by atoms with Gasteiger partial charge in [0.05, 0.1) is 6.54 Å². The lowest BCUT2D eigenvalue weighted by atomic mass is 10.2. The quantitative estimate of drug-likeness (QED) is 0.694. The summed E-state index contributed by atoms with van der Waals surface area (Å²) < 4.78 is 1.88. The second-order valence-electron chi connectivity index (χ2n) is 4.98. The number of carbonyl (C=O) groups excluding carboxylic acids is 1. The van der Waals surface area contributed by atoms with Crippen LogP contribution in [0.2, 0.25) is 0 Å². The molecule has 5 nitrogen and oxygen atoms in total.